The normalized spacial score (nSPS) is 14.6. The van der Waals surface area contributed by atoms with Gasteiger partial charge in [0.05, 0.1) is 5.02 Å². The third kappa shape index (κ3) is 3.13. The molecule has 0 aromatic carbocycles. The molecule has 1 heterocycles. The highest BCUT2D eigenvalue weighted by Crippen LogP contribution is 2.30. The van der Waals surface area contributed by atoms with Crippen molar-refractivity contribution in [2.75, 3.05) is 18.8 Å². The van der Waals surface area contributed by atoms with Crippen molar-refractivity contribution in [3.63, 3.8) is 0 Å². The van der Waals surface area contributed by atoms with E-state index in [-0.39, 0.29) is 11.6 Å². The molecule has 1 amide bonds. The van der Waals surface area contributed by atoms with Crippen molar-refractivity contribution in [1.82, 2.24) is 9.88 Å². The molecule has 98 valence electrons. The number of carbonyl (C=O) groups excluding carboxylic acids is 1. The monoisotopic (exact) mass is 267 g/mol. The van der Waals surface area contributed by atoms with E-state index >= 15 is 0 Å². The fourth-order valence-electron chi connectivity index (χ4n) is 1.91. The summed E-state index contributed by atoms with van der Waals surface area (Å²) in [6, 6.07) is 3.22. The lowest BCUT2D eigenvalue weighted by Crippen LogP contribution is -2.34. The summed E-state index contributed by atoms with van der Waals surface area (Å²) in [5.41, 5.74) is 5.88. The number of aromatic nitrogens is 1. The molecule has 0 spiro atoms. The van der Waals surface area contributed by atoms with Gasteiger partial charge >= 0.3 is 0 Å². The Hall–Kier alpha value is -1.29. The summed E-state index contributed by atoms with van der Waals surface area (Å²) >= 11 is 6.02. The molecule has 2 N–H and O–H groups in total. The Bertz CT molecular complexity index is 446. The Balaban J connectivity index is 2.17. The maximum atomic E-state index is 12.4. The molecule has 0 aliphatic heterocycles. The van der Waals surface area contributed by atoms with Crippen LogP contribution < -0.4 is 5.73 Å². The van der Waals surface area contributed by atoms with Gasteiger partial charge in [-0.15, -0.1) is 0 Å². The minimum absolute atomic E-state index is 0.110. The molecule has 0 bridgehead atoms. The number of pyridine rings is 1. The topological polar surface area (TPSA) is 59.2 Å². The van der Waals surface area contributed by atoms with E-state index in [4.69, 9.17) is 17.3 Å². The number of nitrogens with zero attached hydrogens (tertiary/aromatic N) is 2. The first-order valence-electron chi connectivity index (χ1n) is 6.33. The van der Waals surface area contributed by atoms with Crippen LogP contribution in [0, 0.1) is 5.92 Å². The molecule has 5 heteroatoms. The second-order valence-electron chi connectivity index (χ2n) is 4.76. The average Bonchev–Trinajstić information content (AvgIpc) is 3.15. The van der Waals surface area contributed by atoms with Gasteiger partial charge in [-0.1, -0.05) is 18.5 Å². The number of nitrogen functional groups attached to an aromatic ring is 1. The summed E-state index contributed by atoms with van der Waals surface area (Å²) in [5, 5.41) is 0.367. The Morgan fingerprint density at radius 2 is 2.28 bits per heavy atom. The van der Waals surface area contributed by atoms with E-state index in [1.165, 1.54) is 12.8 Å². The van der Waals surface area contributed by atoms with Crippen LogP contribution in [0.2, 0.25) is 5.02 Å². The standard InChI is InChI=1S/C13H18ClN3O/c1-2-7-17(8-9-3-4-9)13(18)12-10(14)5-6-11(15)16-12/h5-6,9H,2-4,7-8H2,1H3,(H2,15,16). The fraction of sp³-hybridized carbons (Fsp3) is 0.538. The Labute approximate surface area is 112 Å². The maximum Gasteiger partial charge on any atom is 0.274 e. The summed E-state index contributed by atoms with van der Waals surface area (Å²) in [7, 11) is 0. The van der Waals surface area contributed by atoms with Crippen molar-refractivity contribution < 1.29 is 4.79 Å². The average molecular weight is 268 g/mol. The molecule has 2 rings (SSSR count). The number of carbonyl (C=O) groups is 1. The predicted molar refractivity (Wildman–Crippen MR) is 72.6 cm³/mol. The van der Waals surface area contributed by atoms with Gasteiger partial charge in [-0.3, -0.25) is 4.79 Å². The second-order valence-corrected chi connectivity index (χ2v) is 5.17. The largest absolute Gasteiger partial charge is 0.384 e. The molecule has 0 radical (unpaired) electrons. The van der Waals surface area contributed by atoms with Gasteiger partial charge in [-0.2, -0.15) is 0 Å². The molecule has 4 nitrogen and oxygen atoms in total. The lowest BCUT2D eigenvalue weighted by Gasteiger charge is -2.22. The molecule has 0 saturated heterocycles. The Kier molecular flexibility index (Phi) is 4.07. The number of amides is 1. The number of halogens is 1. The van der Waals surface area contributed by atoms with E-state index in [0.717, 1.165) is 19.5 Å². The minimum atomic E-state index is -0.110. The van der Waals surface area contributed by atoms with Crippen molar-refractivity contribution in [1.29, 1.82) is 0 Å². The molecule has 1 aliphatic rings. The van der Waals surface area contributed by atoms with Crippen LogP contribution in [-0.4, -0.2) is 28.9 Å². The van der Waals surface area contributed by atoms with Gasteiger partial charge in [-0.05, 0) is 37.3 Å². The SMILES string of the molecule is CCCN(CC1CC1)C(=O)c1nc(N)ccc1Cl. The van der Waals surface area contributed by atoms with Crippen molar-refractivity contribution in [2.45, 2.75) is 26.2 Å². The number of hydrogen-bond donors (Lipinski definition) is 1. The lowest BCUT2D eigenvalue weighted by atomic mass is 10.2. The molecule has 1 fully saturated rings. The summed E-state index contributed by atoms with van der Waals surface area (Å²) in [4.78, 5) is 18.3. The van der Waals surface area contributed by atoms with E-state index in [1.54, 1.807) is 12.1 Å². The summed E-state index contributed by atoms with van der Waals surface area (Å²) in [5.74, 6) is 0.868. The smallest absolute Gasteiger partial charge is 0.274 e. The third-order valence-electron chi connectivity index (χ3n) is 3.03. The van der Waals surface area contributed by atoms with E-state index in [2.05, 4.69) is 11.9 Å². The maximum absolute atomic E-state index is 12.4. The van der Waals surface area contributed by atoms with E-state index in [0.29, 0.717) is 16.8 Å². The third-order valence-corrected chi connectivity index (χ3v) is 3.33. The van der Waals surface area contributed by atoms with Gasteiger partial charge in [0, 0.05) is 13.1 Å². The zero-order valence-electron chi connectivity index (χ0n) is 10.5. The van der Waals surface area contributed by atoms with Gasteiger partial charge in [-0.25, -0.2) is 4.98 Å². The first kappa shape index (κ1) is 13.1. The number of hydrogen-bond acceptors (Lipinski definition) is 3. The van der Waals surface area contributed by atoms with Crippen molar-refractivity contribution in [3.8, 4) is 0 Å². The minimum Gasteiger partial charge on any atom is -0.384 e. The van der Waals surface area contributed by atoms with Gasteiger partial charge in [0.2, 0.25) is 0 Å². The van der Waals surface area contributed by atoms with Crippen LogP contribution in [0.5, 0.6) is 0 Å². The van der Waals surface area contributed by atoms with Gasteiger partial charge in [0.1, 0.15) is 11.5 Å². The highest BCUT2D eigenvalue weighted by molar-refractivity contribution is 6.33. The highest BCUT2D eigenvalue weighted by atomic mass is 35.5. The van der Waals surface area contributed by atoms with Gasteiger partial charge in [0.15, 0.2) is 0 Å². The van der Waals surface area contributed by atoms with Crippen LogP contribution in [0.1, 0.15) is 36.7 Å². The van der Waals surface area contributed by atoms with E-state index < -0.39 is 0 Å². The van der Waals surface area contributed by atoms with Crippen LogP contribution in [0.15, 0.2) is 12.1 Å². The summed E-state index contributed by atoms with van der Waals surface area (Å²) in [6.45, 7) is 3.60. The van der Waals surface area contributed by atoms with Gasteiger partial charge in [0.25, 0.3) is 5.91 Å². The zero-order valence-corrected chi connectivity index (χ0v) is 11.3. The van der Waals surface area contributed by atoms with Crippen molar-refractivity contribution in [2.24, 2.45) is 5.92 Å². The molecule has 0 atom stereocenters. The molecular formula is C13H18ClN3O. The quantitative estimate of drug-likeness (QED) is 0.892. The van der Waals surface area contributed by atoms with E-state index in [9.17, 15) is 4.79 Å². The molecule has 1 aliphatic carbocycles. The number of nitrogens with two attached hydrogens (primary N) is 1. The van der Waals surface area contributed by atoms with Crippen LogP contribution in [0.3, 0.4) is 0 Å². The number of rotatable bonds is 5. The molecule has 1 aromatic heterocycles. The fourth-order valence-corrected chi connectivity index (χ4v) is 2.10. The molecule has 1 aromatic rings. The molecular weight excluding hydrogens is 250 g/mol. The Morgan fingerprint density at radius 1 is 1.56 bits per heavy atom. The van der Waals surface area contributed by atoms with Crippen LogP contribution in [0.25, 0.3) is 0 Å². The number of anilines is 1. The van der Waals surface area contributed by atoms with Crippen molar-refractivity contribution >= 4 is 23.3 Å². The lowest BCUT2D eigenvalue weighted by molar-refractivity contribution is 0.0742. The molecule has 1 saturated carbocycles. The first-order chi connectivity index (χ1) is 8.61. The molecule has 0 unspecified atom stereocenters. The van der Waals surface area contributed by atoms with E-state index in [1.807, 2.05) is 4.90 Å². The Morgan fingerprint density at radius 3 is 2.89 bits per heavy atom. The first-order valence-corrected chi connectivity index (χ1v) is 6.71. The highest BCUT2D eigenvalue weighted by Gasteiger charge is 2.28. The summed E-state index contributed by atoms with van der Waals surface area (Å²) in [6.07, 6.45) is 3.36. The zero-order chi connectivity index (χ0) is 13.1. The molecule has 18 heavy (non-hydrogen) atoms. The van der Waals surface area contributed by atoms with Crippen LogP contribution in [-0.2, 0) is 0 Å². The predicted octanol–water partition coefficient (Wildman–Crippen LogP) is 2.58. The summed E-state index contributed by atoms with van der Waals surface area (Å²) < 4.78 is 0. The van der Waals surface area contributed by atoms with Crippen molar-refractivity contribution in [3.05, 3.63) is 22.8 Å². The van der Waals surface area contributed by atoms with Crippen LogP contribution >= 0.6 is 11.6 Å². The second kappa shape index (κ2) is 5.57. The van der Waals surface area contributed by atoms with Gasteiger partial charge < -0.3 is 10.6 Å². The van der Waals surface area contributed by atoms with Crippen LogP contribution in [0.4, 0.5) is 5.82 Å².